The molecule has 4 aromatic carbocycles. The second kappa shape index (κ2) is 22.1. The maximum Gasteiger partial charge on any atom is 0.379 e. The van der Waals surface area contributed by atoms with Crippen molar-refractivity contribution in [1.82, 2.24) is 9.78 Å². The van der Waals surface area contributed by atoms with Crippen LogP contribution in [0.15, 0.2) is 75.2 Å². The van der Waals surface area contributed by atoms with Gasteiger partial charge in [0.05, 0.1) is 70.1 Å². The molecule has 0 fully saturated rings. The van der Waals surface area contributed by atoms with Gasteiger partial charge in [-0.15, -0.1) is 12.4 Å². The van der Waals surface area contributed by atoms with E-state index < -0.39 is 17.7 Å². The summed E-state index contributed by atoms with van der Waals surface area (Å²) in [6, 6.07) is 16.9. The number of rotatable bonds is 9. The Kier molecular flexibility index (Phi) is 17.9. The molecule has 4 N–H and O–H groups in total. The van der Waals surface area contributed by atoms with Crippen LogP contribution in [0, 0.1) is 0 Å². The molecule has 0 aliphatic carbocycles. The van der Waals surface area contributed by atoms with Gasteiger partial charge >= 0.3 is 11.9 Å². The van der Waals surface area contributed by atoms with Crippen LogP contribution in [0.5, 0.6) is 23.0 Å². The van der Waals surface area contributed by atoms with E-state index in [1.54, 1.807) is 80.2 Å². The number of nitrogens with one attached hydrogen (secondary N) is 1. The van der Waals surface area contributed by atoms with Crippen LogP contribution in [-0.4, -0.2) is 66.6 Å². The first-order valence-corrected chi connectivity index (χ1v) is 20.6. The van der Waals surface area contributed by atoms with Gasteiger partial charge in [-0.25, -0.2) is 14.3 Å². The number of halogens is 7. The number of anilines is 1. The summed E-state index contributed by atoms with van der Waals surface area (Å²) in [6.07, 6.45) is 0. The lowest BCUT2D eigenvalue weighted by Gasteiger charge is -2.21. The molecule has 0 unspecified atom stereocenters. The third-order valence-corrected chi connectivity index (χ3v) is 10.5. The van der Waals surface area contributed by atoms with Gasteiger partial charge in [0.15, 0.2) is 5.69 Å². The number of hydrogen-bond acceptors (Lipinski definition) is 13. The molecule has 3 heterocycles. The molecule has 0 bridgehead atoms. The van der Waals surface area contributed by atoms with Gasteiger partial charge in [-0.2, -0.15) is 5.10 Å². The zero-order valence-electron chi connectivity index (χ0n) is 32.4. The summed E-state index contributed by atoms with van der Waals surface area (Å²) >= 11 is 30.5. The van der Waals surface area contributed by atoms with E-state index >= 15 is 0 Å². The number of esters is 2. The van der Waals surface area contributed by atoms with Gasteiger partial charge in [0.1, 0.15) is 42.0 Å². The fraction of sp³-hybridized carbons (Fsp3) is 0.200. The molecule has 61 heavy (non-hydrogen) atoms. The molecule has 14 nitrogen and oxygen atoms in total. The average Bonchev–Trinajstić information content (AvgIpc) is 3.61. The Hall–Kier alpha value is -4.39. The van der Waals surface area contributed by atoms with E-state index in [0.717, 1.165) is 10.0 Å². The molecule has 0 spiro atoms. The molecule has 2 aliphatic rings. The summed E-state index contributed by atoms with van der Waals surface area (Å²) < 4.78 is 34.6. The fourth-order valence-electron chi connectivity index (χ4n) is 5.73. The van der Waals surface area contributed by atoms with Gasteiger partial charge in [0.2, 0.25) is 0 Å². The predicted molar refractivity (Wildman–Crippen MR) is 242 cm³/mol. The Morgan fingerprint density at radius 1 is 0.787 bits per heavy atom. The molecule has 0 radical (unpaired) electrons. The summed E-state index contributed by atoms with van der Waals surface area (Å²) in [5.41, 5.74) is 6.22. The fourth-order valence-corrected chi connectivity index (χ4v) is 7.78. The number of aromatic nitrogens is 2. The van der Waals surface area contributed by atoms with Gasteiger partial charge in [-0.1, -0.05) is 46.4 Å². The predicted octanol–water partition coefficient (Wildman–Crippen LogP) is 10.6. The number of ketones is 1. The van der Waals surface area contributed by atoms with Crippen LogP contribution in [0.4, 0.5) is 5.69 Å². The zero-order chi connectivity index (χ0) is 43.8. The Morgan fingerprint density at radius 2 is 1.30 bits per heavy atom. The summed E-state index contributed by atoms with van der Waals surface area (Å²) in [5, 5.41) is 16.8. The Bertz CT molecular complexity index is 2460. The summed E-state index contributed by atoms with van der Waals surface area (Å²) in [7, 11) is 3.08. The lowest BCUT2D eigenvalue weighted by Crippen LogP contribution is -2.26. The number of ether oxygens (including phenoxy) is 6. The number of carbonyl (C=O) groups is 3. The van der Waals surface area contributed by atoms with Crippen LogP contribution in [0.3, 0.4) is 0 Å². The number of methoxy groups -OCH3 is 2. The van der Waals surface area contributed by atoms with E-state index in [9.17, 15) is 19.5 Å². The van der Waals surface area contributed by atoms with Gasteiger partial charge in [-0.3, -0.25) is 10.6 Å². The quantitative estimate of drug-likeness (QED) is 0.0549. The largest absolute Gasteiger partial charge is 0.507 e. The lowest BCUT2D eigenvalue weighted by atomic mass is 10.0. The van der Waals surface area contributed by atoms with Crippen molar-refractivity contribution >= 4 is 120 Å². The van der Waals surface area contributed by atoms with E-state index in [2.05, 4.69) is 47.1 Å². The number of nitrogens with two attached hydrogens (primary N) is 1. The Morgan fingerprint density at radius 3 is 1.82 bits per heavy atom. The second-order valence-electron chi connectivity index (χ2n) is 12.2. The van der Waals surface area contributed by atoms with Crippen molar-refractivity contribution in [3.8, 4) is 39.9 Å². The van der Waals surface area contributed by atoms with Crippen LogP contribution in [-0.2, 0) is 25.7 Å². The molecule has 0 saturated heterocycles. The number of aliphatic hydroxyl groups is 1. The molecule has 7 rings (SSSR count). The number of carbonyl (C=O) groups excluding carboxylic acids is 3. The van der Waals surface area contributed by atoms with E-state index in [1.807, 2.05) is 6.07 Å². The number of hydrazine groups is 1. The summed E-state index contributed by atoms with van der Waals surface area (Å²) in [5.74, 6) is 4.53. The van der Waals surface area contributed by atoms with Gasteiger partial charge in [-0.05, 0) is 94.2 Å². The van der Waals surface area contributed by atoms with Gasteiger partial charge in [0.25, 0.3) is 5.78 Å². The highest BCUT2D eigenvalue weighted by Crippen LogP contribution is 2.45. The van der Waals surface area contributed by atoms with Crippen molar-refractivity contribution in [2.45, 2.75) is 20.5 Å². The maximum atomic E-state index is 12.5. The summed E-state index contributed by atoms with van der Waals surface area (Å²) in [4.78, 5) is 35.9. The highest BCUT2D eigenvalue weighted by atomic mass is 79.9. The minimum Gasteiger partial charge on any atom is -0.507 e. The number of fused-ring (bicyclic) bond motifs is 4. The van der Waals surface area contributed by atoms with E-state index in [4.69, 9.17) is 75.9 Å². The van der Waals surface area contributed by atoms with Crippen LogP contribution in [0.1, 0.15) is 35.5 Å². The smallest absolute Gasteiger partial charge is 0.379 e. The number of nitrogens with zero attached hydrogens (tertiary/aromatic N) is 2. The highest BCUT2D eigenvalue weighted by Gasteiger charge is 2.33. The molecule has 5 aromatic rings. The van der Waals surface area contributed by atoms with E-state index in [0.29, 0.717) is 75.8 Å². The number of nitrogen functional groups attached to an aromatic ring is 1. The SMILES string of the molecule is CCOC(=O)C(=O)C1=C(O)c2cc(Br)c(OC)cc2OC1.CCOC(=O)c1nn(-c2cc(Cl)cc(Cl)c2)c2c1COc1cc(OC)c(Br)cc1-2.Cl.NNc1cc(Cl)cc(Cl)c1. The van der Waals surface area contributed by atoms with Crippen molar-refractivity contribution in [2.75, 3.05) is 39.5 Å². The number of hydrogen-bond donors (Lipinski definition) is 3. The molecule has 324 valence electrons. The third kappa shape index (κ3) is 11.6. The van der Waals surface area contributed by atoms with Crippen LogP contribution in [0.2, 0.25) is 20.1 Å². The molecule has 0 atom stereocenters. The monoisotopic (exact) mass is 1060 g/mol. The normalized spacial score (nSPS) is 11.9. The van der Waals surface area contributed by atoms with Crippen LogP contribution in [0.25, 0.3) is 22.7 Å². The third-order valence-electron chi connectivity index (χ3n) is 8.36. The standard InChI is InChI=1S/C20H15BrCl2N2O4.C14H13BrO6.C6H6Cl2N2.ClH/c1-3-28-20(26)18-14-9-29-16-8-17(27-2)15(21)7-13(16)19(14)25(24-18)12-5-10(22)4-11(23)6-12;1-3-20-14(18)13(17)8-6-21-10-5-11(19-2)9(15)4-7(10)12(8)16;7-4-1-5(8)3-6(2-4)10-9;/h4-8H,3,9H2,1-2H3;4-5,16H,3,6H2,1-2H3;1-3,10H,9H2;1H. The van der Waals surface area contributed by atoms with Crippen molar-refractivity contribution in [1.29, 1.82) is 0 Å². The van der Waals surface area contributed by atoms with Crippen LogP contribution < -0.4 is 30.2 Å². The van der Waals surface area contributed by atoms with Crippen LogP contribution >= 0.6 is 90.7 Å². The minimum atomic E-state index is -1.02. The average molecular weight is 1070 g/mol. The molecule has 0 amide bonds. The van der Waals surface area contributed by atoms with Crippen molar-refractivity contribution in [2.24, 2.45) is 5.84 Å². The summed E-state index contributed by atoms with van der Waals surface area (Å²) in [6.45, 7) is 3.61. The maximum absolute atomic E-state index is 12.5. The topological polar surface area (TPSA) is 183 Å². The molecule has 21 heteroatoms. The first kappa shape index (κ1) is 49.3. The minimum absolute atomic E-state index is 0. The van der Waals surface area contributed by atoms with Crippen molar-refractivity contribution in [3.05, 3.63) is 112 Å². The lowest BCUT2D eigenvalue weighted by molar-refractivity contribution is -0.152. The highest BCUT2D eigenvalue weighted by molar-refractivity contribution is 9.11. The second-order valence-corrected chi connectivity index (χ2v) is 15.6. The molecular weight excluding hydrogens is 1030 g/mol. The first-order valence-electron chi connectivity index (χ1n) is 17.5. The van der Waals surface area contributed by atoms with Crippen molar-refractivity contribution in [3.63, 3.8) is 0 Å². The number of aliphatic hydroxyl groups excluding tert-OH is 1. The van der Waals surface area contributed by atoms with Gasteiger partial charge in [0, 0.05) is 37.8 Å². The first-order chi connectivity index (χ1) is 28.6. The van der Waals surface area contributed by atoms with Crippen molar-refractivity contribution < 1.29 is 47.9 Å². The van der Waals surface area contributed by atoms with E-state index in [-0.39, 0.29) is 55.9 Å². The number of benzene rings is 4. The molecule has 2 aliphatic heterocycles. The van der Waals surface area contributed by atoms with E-state index in [1.165, 1.54) is 7.11 Å². The zero-order valence-corrected chi connectivity index (χ0v) is 39.4. The number of Topliss-reactive ketones (excluding diaryl/α,β-unsaturated/α-hetero) is 1. The Labute approximate surface area is 392 Å². The molecule has 1 aromatic heterocycles. The Balaban J connectivity index is 0.000000223. The molecular formula is C40H35Br2Cl5N4O10. The van der Waals surface area contributed by atoms with Gasteiger partial charge < -0.3 is 39.0 Å². The molecule has 0 saturated carbocycles.